The monoisotopic (exact) mass is 988 g/mol. The molecule has 6 heterocycles. The number of hydrogen-bond acceptors (Lipinski definition) is 1. The summed E-state index contributed by atoms with van der Waals surface area (Å²) < 4.78 is 7.83. The van der Waals surface area contributed by atoms with Crippen LogP contribution in [0.25, 0.3) is 126 Å². The minimum Gasteiger partial charge on any atom is -0.310 e. The molecule has 360 valence electrons. The van der Waals surface area contributed by atoms with Crippen molar-refractivity contribution >= 4 is 149 Å². The van der Waals surface area contributed by atoms with Gasteiger partial charge in [-0.25, -0.2) is 0 Å². The first-order valence-electron chi connectivity index (χ1n) is 27.5. The second kappa shape index (κ2) is 14.3. The van der Waals surface area contributed by atoms with Crippen molar-refractivity contribution in [2.75, 3.05) is 4.90 Å². The van der Waals surface area contributed by atoms with E-state index in [1.807, 2.05) is 0 Å². The highest BCUT2D eigenvalue weighted by molar-refractivity contribution is 7.00. The third-order valence-corrected chi connectivity index (χ3v) is 18.6. The zero-order valence-electron chi connectivity index (χ0n) is 42.9. The van der Waals surface area contributed by atoms with Crippen LogP contribution in [-0.4, -0.2) is 20.4 Å². The van der Waals surface area contributed by atoms with Crippen molar-refractivity contribution in [1.29, 1.82) is 0 Å². The summed E-state index contributed by atoms with van der Waals surface area (Å²) in [4.78, 5) is 2.62. The maximum absolute atomic E-state index is 2.68. The van der Waals surface area contributed by atoms with E-state index in [-0.39, 0.29) is 12.1 Å². The Morgan fingerprint density at radius 3 is 1.40 bits per heavy atom. The van der Waals surface area contributed by atoms with Crippen LogP contribution >= 0.6 is 0 Å². The predicted molar refractivity (Wildman–Crippen MR) is 331 cm³/mol. The second-order valence-corrected chi connectivity index (χ2v) is 22.7. The van der Waals surface area contributed by atoms with Gasteiger partial charge in [0.2, 0.25) is 0 Å². The van der Waals surface area contributed by atoms with Crippen LogP contribution in [0.4, 0.5) is 17.1 Å². The number of anilines is 3. The van der Waals surface area contributed by atoms with Crippen LogP contribution in [0.3, 0.4) is 0 Å². The first-order valence-corrected chi connectivity index (χ1v) is 27.5. The summed E-state index contributed by atoms with van der Waals surface area (Å²) in [5.74, 6) is 0. The van der Waals surface area contributed by atoms with Crippen molar-refractivity contribution in [1.82, 2.24) is 13.7 Å². The van der Waals surface area contributed by atoms with Crippen LogP contribution in [0.5, 0.6) is 0 Å². The van der Waals surface area contributed by atoms with E-state index in [2.05, 4.69) is 269 Å². The van der Waals surface area contributed by atoms with Crippen molar-refractivity contribution in [2.45, 2.75) is 19.3 Å². The van der Waals surface area contributed by atoms with Crippen LogP contribution in [0.1, 0.15) is 25.0 Å². The third kappa shape index (κ3) is 4.91. The van der Waals surface area contributed by atoms with Crippen molar-refractivity contribution < 1.29 is 0 Å². The highest BCUT2D eigenvalue weighted by atomic mass is 15.2. The van der Waals surface area contributed by atoms with E-state index in [0.717, 1.165) is 11.4 Å². The fourth-order valence-electron chi connectivity index (χ4n) is 15.6. The predicted octanol–water partition coefficient (Wildman–Crippen LogP) is 16.8. The lowest BCUT2D eigenvalue weighted by atomic mass is 9.34. The molecule has 0 bridgehead atoms. The van der Waals surface area contributed by atoms with E-state index < -0.39 is 0 Å². The molecule has 4 nitrogen and oxygen atoms in total. The Morgan fingerprint density at radius 2 is 0.795 bits per heavy atom. The van der Waals surface area contributed by atoms with Crippen molar-refractivity contribution in [3.05, 3.63) is 248 Å². The fraction of sp³-hybridized carbons (Fsp3) is 0.0411. The van der Waals surface area contributed by atoms with E-state index in [0.29, 0.717) is 0 Å². The molecule has 0 saturated carbocycles. The lowest BCUT2D eigenvalue weighted by Crippen LogP contribution is -2.59. The molecule has 0 amide bonds. The summed E-state index contributed by atoms with van der Waals surface area (Å²) in [5.41, 5.74) is 21.0. The van der Waals surface area contributed by atoms with Gasteiger partial charge in [-0.05, 0) is 131 Å². The molecule has 5 heteroatoms. The van der Waals surface area contributed by atoms with Gasteiger partial charge in [0.05, 0.1) is 50.2 Å². The molecule has 0 unspecified atom stereocenters. The third-order valence-electron chi connectivity index (χ3n) is 18.6. The molecule has 78 heavy (non-hydrogen) atoms. The second-order valence-electron chi connectivity index (χ2n) is 22.7. The van der Waals surface area contributed by atoms with Gasteiger partial charge in [0.1, 0.15) is 0 Å². The largest absolute Gasteiger partial charge is 0.310 e. The molecule has 0 atom stereocenters. The minimum absolute atomic E-state index is 0.0574. The lowest BCUT2D eigenvalue weighted by Gasteiger charge is -2.43. The number of aromatic nitrogens is 3. The standard InChI is InChI=1S/C73H45BN4/c1-73(2)53-29-15-17-31-57(53)76(61-37-36-60-66(69(61)73)52-28-14-16-30-56(52)75(60)46-22-4-3-5-23-46)47-40-62-70-63(41-47)78-59-35-33-43-19-7-11-25-49(43)65(59)68-51-27-13-9-21-45(51)39-55(72(68)78)74(70)54-38-44-20-8-12-26-50(44)67-64-48-24-10-6-18-42(48)32-34-58(64)77(62)71(54)67/h3-41H,1-2H3. The van der Waals surface area contributed by atoms with Gasteiger partial charge in [-0.3, -0.25) is 0 Å². The molecule has 19 rings (SSSR count). The molecule has 0 aliphatic carbocycles. The van der Waals surface area contributed by atoms with Crippen molar-refractivity contribution in [2.24, 2.45) is 0 Å². The zero-order chi connectivity index (χ0) is 50.9. The van der Waals surface area contributed by atoms with Gasteiger partial charge in [0.25, 0.3) is 6.71 Å². The molecule has 3 aromatic heterocycles. The molecule has 16 aromatic rings. The summed E-state index contributed by atoms with van der Waals surface area (Å²) in [6.07, 6.45) is 0. The van der Waals surface area contributed by atoms with Crippen LogP contribution < -0.4 is 21.3 Å². The smallest absolute Gasteiger partial charge is 0.252 e. The van der Waals surface area contributed by atoms with Gasteiger partial charge >= 0.3 is 0 Å². The average molecular weight is 989 g/mol. The van der Waals surface area contributed by atoms with Gasteiger partial charge in [-0.15, -0.1) is 0 Å². The SMILES string of the molecule is CC1(C)c2ccccc2N(c2cc3c4c(c2)-n2c5ccc6ccccc6c5c5c6ccccc6cc(c52)B4c2cc4ccccc4c4c5c6ccccc6ccc5n-3c24)c2ccc3c(c21)c1ccccc1n3-c1ccccc1. The van der Waals surface area contributed by atoms with E-state index >= 15 is 0 Å². The van der Waals surface area contributed by atoms with E-state index in [1.54, 1.807) is 0 Å². The van der Waals surface area contributed by atoms with Crippen molar-refractivity contribution in [3.8, 4) is 17.1 Å². The van der Waals surface area contributed by atoms with Crippen LogP contribution in [0.15, 0.2) is 237 Å². The molecule has 0 spiro atoms. The molecule has 0 radical (unpaired) electrons. The van der Waals surface area contributed by atoms with E-state index in [4.69, 9.17) is 0 Å². The quantitative estimate of drug-likeness (QED) is 0.158. The highest BCUT2D eigenvalue weighted by Gasteiger charge is 2.45. The van der Waals surface area contributed by atoms with Crippen LogP contribution in [0.2, 0.25) is 0 Å². The molecule has 0 fully saturated rings. The van der Waals surface area contributed by atoms with Gasteiger partial charge < -0.3 is 18.6 Å². The number of rotatable bonds is 2. The topological polar surface area (TPSA) is 18.0 Å². The molecule has 3 aliphatic rings. The van der Waals surface area contributed by atoms with Gasteiger partial charge in [0, 0.05) is 54.8 Å². The summed E-state index contributed by atoms with van der Waals surface area (Å²) in [7, 11) is 0. The van der Waals surface area contributed by atoms with Gasteiger partial charge in [-0.2, -0.15) is 0 Å². The van der Waals surface area contributed by atoms with Crippen molar-refractivity contribution in [3.63, 3.8) is 0 Å². The number of nitrogens with zero attached hydrogens (tertiary/aromatic N) is 4. The number of para-hydroxylation sites is 3. The lowest BCUT2D eigenvalue weighted by molar-refractivity contribution is 0.638. The normalized spacial score (nSPS) is 14.1. The Balaban J connectivity index is 1.02. The van der Waals surface area contributed by atoms with Gasteiger partial charge in [0.15, 0.2) is 0 Å². The van der Waals surface area contributed by atoms with Gasteiger partial charge in [-0.1, -0.05) is 190 Å². The Hall–Kier alpha value is -9.84. The maximum atomic E-state index is 2.68. The molecular weight excluding hydrogens is 944 g/mol. The molecule has 13 aromatic carbocycles. The maximum Gasteiger partial charge on any atom is 0.252 e. The number of hydrogen-bond donors (Lipinski definition) is 0. The Kier molecular flexibility index (Phi) is 7.62. The number of benzene rings is 13. The van der Waals surface area contributed by atoms with Crippen LogP contribution in [0, 0.1) is 0 Å². The first kappa shape index (κ1) is 41.4. The molecule has 3 aliphatic heterocycles. The highest BCUT2D eigenvalue weighted by Crippen LogP contribution is 2.57. The number of fused-ring (bicyclic) bond motifs is 24. The Morgan fingerprint density at radius 1 is 0.321 bits per heavy atom. The summed E-state index contributed by atoms with van der Waals surface area (Å²) >= 11 is 0. The Bertz CT molecular complexity index is 5220. The van der Waals surface area contributed by atoms with E-state index in [1.165, 1.54) is 159 Å². The first-order chi connectivity index (χ1) is 38.5. The summed E-state index contributed by atoms with van der Waals surface area (Å²) in [5, 5.41) is 18.0. The molecule has 0 N–H and O–H groups in total. The Labute approximate surface area is 448 Å². The molecule has 0 saturated heterocycles. The summed E-state index contributed by atoms with van der Waals surface area (Å²) in [6, 6.07) is 89.9. The summed E-state index contributed by atoms with van der Waals surface area (Å²) in [6.45, 7) is 4.83. The van der Waals surface area contributed by atoms with E-state index in [9.17, 15) is 0 Å². The zero-order valence-corrected chi connectivity index (χ0v) is 42.9. The minimum atomic E-state index is -0.352. The van der Waals surface area contributed by atoms with Crippen LogP contribution in [-0.2, 0) is 5.41 Å². The molecular formula is C73H45BN4. The fourth-order valence-corrected chi connectivity index (χ4v) is 15.6. The average Bonchev–Trinajstić information content (AvgIpc) is 4.29.